The lowest BCUT2D eigenvalue weighted by Gasteiger charge is -2.21. The Morgan fingerprint density at radius 3 is 0.884 bits per heavy atom. The Morgan fingerprint density at radius 2 is 0.593 bits per heavy atom. The molecule has 0 spiro atoms. The fourth-order valence-electron chi connectivity index (χ4n) is 10.0. The third-order valence-electron chi connectivity index (χ3n) is 15.8. The first-order valence-electron chi connectivity index (χ1n) is 35.0. The van der Waals surface area contributed by atoms with E-state index in [0.717, 1.165) is 108 Å². The molecule has 0 aliphatic heterocycles. The summed E-state index contributed by atoms with van der Waals surface area (Å²) in [5, 5.41) is 10.5. The topological polar surface area (TPSA) is 237 Å². The number of aliphatic hydroxyl groups excluding tert-OH is 1. The van der Waals surface area contributed by atoms with E-state index in [1.807, 2.05) is 0 Å². The molecule has 0 aliphatic carbocycles. The summed E-state index contributed by atoms with van der Waals surface area (Å²) in [5.41, 5.74) is 0. The molecule has 17 nitrogen and oxygen atoms in total. The lowest BCUT2D eigenvalue weighted by Crippen LogP contribution is -2.30. The van der Waals surface area contributed by atoms with Crippen LogP contribution in [0.3, 0.4) is 0 Å². The first kappa shape index (κ1) is 84.1. The summed E-state index contributed by atoms with van der Waals surface area (Å²) < 4.78 is 68.1. The molecule has 3 N–H and O–H groups in total. The Bertz CT molecular complexity index is 1690. The molecule has 0 aromatic rings. The van der Waals surface area contributed by atoms with Gasteiger partial charge in [0.1, 0.15) is 19.3 Å². The number of ether oxygens (including phenoxy) is 4. The molecule has 6 atom stereocenters. The predicted octanol–water partition coefficient (Wildman–Crippen LogP) is 18.8. The average Bonchev–Trinajstić information content (AvgIpc) is 3.53. The predicted molar refractivity (Wildman–Crippen MR) is 345 cm³/mol. The van der Waals surface area contributed by atoms with Crippen LogP contribution in [0.15, 0.2) is 0 Å². The van der Waals surface area contributed by atoms with Crippen LogP contribution in [0.1, 0.15) is 337 Å². The smallest absolute Gasteiger partial charge is 0.462 e. The first-order valence-corrected chi connectivity index (χ1v) is 38.0. The van der Waals surface area contributed by atoms with Crippen molar-refractivity contribution < 1.29 is 80.2 Å². The fourth-order valence-corrected chi connectivity index (χ4v) is 11.6. The maximum Gasteiger partial charge on any atom is 0.472 e. The van der Waals surface area contributed by atoms with Gasteiger partial charge in [-0.25, -0.2) is 9.13 Å². The number of hydrogen-bond donors (Lipinski definition) is 3. The van der Waals surface area contributed by atoms with Gasteiger partial charge in [-0.2, -0.15) is 0 Å². The zero-order valence-corrected chi connectivity index (χ0v) is 57.4. The van der Waals surface area contributed by atoms with Gasteiger partial charge in [0, 0.05) is 25.7 Å². The fraction of sp³-hybridized carbons (Fsp3) is 0.940. The summed E-state index contributed by atoms with van der Waals surface area (Å²) >= 11 is 0. The number of carbonyl (C=O) groups is 4. The molecule has 0 rings (SSSR count). The Labute approximate surface area is 524 Å². The van der Waals surface area contributed by atoms with E-state index < -0.39 is 97.5 Å². The Balaban J connectivity index is 5.21. The summed E-state index contributed by atoms with van der Waals surface area (Å²) in [6.07, 6.45) is 43.1. The van der Waals surface area contributed by atoms with E-state index >= 15 is 0 Å². The summed E-state index contributed by atoms with van der Waals surface area (Å²) in [6, 6.07) is 0. The molecule has 0 aromatic heterocycles. The maximum absolute atomic E-state index is 13.0. The van der Waals surface area contributed by atoms with Gasteiger partial charge in [-0.3, -0.25) is 37.3 Å². The van der Waals surface area contributed by atoms with Crippen molar-refractivity contribution in [3.8, 4) is 0 Å². The number of phosphoric ester groups is 2. The van der Waals surface area contributed by atoms with Crippen LogP contribution in [0.4, 0.5) is 0 Å². The average molecular weight is 1270 g/mol. The maximum atomic E-state index is 13.0. The van der Waals surface area contributed by atoms with Crippen molar-refractivity contribution in [3.05, 3.63) is 0 Å². The van der Waals surface area contributed by atoms with Crippen molar-refractivity contribution in [2.45, 2.75) is 355 Å². The van der Waals surface area contributed by atoms with Gasteiger partial charge in [-0.15, -0.1) is 0 Å². The van der Waals surface area contributed by atoms with Gasteiger partial charge in [-0.1, -0.05) is 286 Å². The first-order chi connectivity index (χ1) is 41.4. The van der Waals surface area contributed by atoms with Crippen molar-refractivity contribution in [3.63, 3.8) is 0 Å². The Hall–Kier alpha value is -1.94. The van der Waals surface area contributed by atoms with Gasteiger partial charge in [0.25, 0.3) is 0 Å². The number of rotatable bonds is 66. The van der Waals surface area contributed by atoms with E-state index in [1.54, 1.807) is 0 Å². The van der Waals surface area contributed by atoms with E-state index in [1.165, 1.54) is 148 Å². The lowest BCUT2D eigenvalue weighted by atomic mass is 10.00. The second kappa shape index (κ2) is 59.4. The second-order valence-electron chi connectivity index (χ2n) is 24.9. The molecule has 0 aliphatic rings. The largest absolute Gasteiger partial charge is 0.472 e. The highest BCUT2D eigenvalue weighted by Gasteiger charge is 2.30. The van der Waals surface area contributed by atoms with Gasteiger partial charge in [0.2, 0.25) is 0 Å². The van der Waals surface area contributed by atoms with Gasteiger partial charge < -0.3 is 33.8 Å². The van der Waals surface area contributed by atoms with Crippen molar-refractivity contribution in [2.24, 2.45) is 11.8 Å². The number of hydrogen-bond acceptors (Lipinski definition) is 15. The van der Waals surface area contributed by atoms with Crippen LogP contribution in [0.2, 0.25) is 0 Å². The van der Waals surface area contributed by atoms with Crippen LogP contribution in [0.25, 0.3) is 0 Å². The van der Waals surface area contributed by atoms with Gasteiger partial charge in [0.05, 0.1) is 26.4 Å². The van der Waals surface area contributed by atoms with Gasteiger partial charge >= 0.3 is 39.5 Å². The summed E-state index contributed by atoms with van der Waals surface area (Å²) in [4.78, 5) is 72.3. The highest BCUT2D eigenvalue weighted by molar-refractivity contribution is 7.47. The number of unbranched alkanes of at least 4 members (excludes halogenated alkanes) is 35. The van der Waals surface area contributed by atoms with Gasteiger partial charge in [-0.05, 0) is 37.5 Å². The second-order valence-corrected chi connectivity index (χ2v) is 27.8. The van der Waals surface area contributed by atoms with Crippen molar-refractivity contribution in [1.29, 1.82) is 0 Å². The summed E-state index contributed by atoms with van der Waals surface area (Å²) in [5.74, 6) is -0.617. The summed E-state index contributed by atoms with van der Waals surface area (Å²) in [7, 11) is -9.89. The van der Waals surface area contributed by atoms with Crippen LogP contribution in [-0.2, 0) is 65.4 Å². The molecule has 86 heavy (non-hydrogen) atoms. The van der Waals surface area contributed by atoms with Crippen molar-refractivity contribution in [1.82, 2.24) is 0 Å². The zero-order valence-electron chi connectivity index (χ0n) is 55.6. The number of carbonyl (C=O) groups excluding carboxylic acids is 4. The molecule has 3 unspecified atom stereocenters. The number of esters is 4. The van der Waals surface area contributed by atoms with E-state index in [4.69, 9.17) is 37.0 Å². The molecule has 0 fully saturated rings. The minimum Gasteiger partial charge on any atom is -0.462 e. The minimum absolute atomic E-state index is 0.103. The highest BCUT2D eigenvalue weighted by Crippen LogP contribution is 2.45. The normalized spacial score (nSPS) is 14.5. The highest BCUT2D eigenvalue weighted by atomic mass is 31.2. The molecule has 0 bridgehead atoms. The molecule has 0 aromatic carbocycles. The van der Waals surface area contributed by atoms with E-state index in [-0.39, 0.29) is 25.7 Å². The van der Waals surface area contributed by atoms with Crippen molar-refractivity contribution >= 4 is 39.5 Å². The van der Waals surface area contributed by atoms with Crippen LogP contribution >= 0.6 is 15.6 Å². The minimum atomic E-state index is -4.95. The molecule has 0 amide bonds. The molecule has 19 heteroatoms. The summed E-state index contributed by atoms with van der Waals surface area (Å²) in [6.45, 7) is 9.47. The van der Waals surface area contributed by atoms with E-state index in [0.29, 0.717) is 25.7 Å². The SMILES string of the molecule is CCCCCCCCCCCCCC(=O)OC[C@H](COP(=O)(O)OC[C@@H](O)COP(=O)(O)OC[C@@H](COC(=O)CCCCCCCCCC)OC(=O)CCCCCCCCC(C)CC)OC(=O)CCCCCCCCCCCCCCCCC(C)C. The van der Waals surface area contributed by atoms with Crippen molar-refractivity contribution in [2.75, 3.05) is 39.6 Å². The monoisotopic (exact) mass is 1270 g/mol. The molecule has 510 valence electrons. The quantitative estimate of drug-likeness (QED) is 0.0222. The standard InChI is InChI=1S/C67H130O17P2/c1-7-10-12-14-16-18-23-27-31-38-44-50-65(70)78-55-62(83-66(71)51-45-39-32-28-25-22-20-19-21-24-26-29-35-41-47-59(4)5)57-81-85(73,74)79-53-61(68)54-80-86(75,76)82-58-63(56-77-64(69)49-43-37-30-17-15-13-11-8-2)84-67(72)52-46-40-34-33-36-42-48-60(6)9-3/h59-63,68H,7-58H2,1-6H3,(H,73,74)(H,75,76)/t60?,61-,62-,63-/m1/s1. The molecule has 0 saturated carbocycles. The Morgan fingerprint density at radius 1 is 0.337 bits per heavy atom. The molecule has 0 heterocycles. The van der Waals surface area contributed by atoms with Crippen LogP contribution in [0, 0.1) is 11.8 Å². The van der Waals surface area contributed by atoms with Crippen LogP contribution in [0.5, 0.6) is 0 Å². The third kappa shape index (κ3) is 59.7. The van der Waals surface area contributed by atoms with Crippen LogP contribution in [-0.4, -0.2) is 96.7 Å². The van der Waals surface area contributed by atoms with E-state index in [9.17, 15) is 43.2 Å². The molecular formula is C67H130O17P2. The lowest BCUT2D eigenvalue weighted by molar-refractivity contribution is -0.161. The molecule has 0 radical (unpaired) electrons. The molecule has 0 saturated heterocycles. The number of phosphoric acid groups is 2. The third-order valence-corrected chi connectivity index (χ3v) is 17.7. The van der Waals surface area contributed by atoms with Crippen LogP contribution < -0.4 is 0 Å². The van der Waals surface area contributed by atoms with Gasteiger partial charge in [0.15, 0.2) is 12.2 Å². The molecular weight excluding hydrogens is 1140 g/mol. The Kier molecular flexibility index (Phi) is 58.0. The zero-order chi connectivity index (χ0) is 63.6. The number of aliphatic hydroxyl groups is 1. The van der Waals surface area contributed by atoms with E-state index in [2.05, 4.69) is 41.5 Å².